The van der Waals surface area contributed by atoms with Gasteiger partial charge in [0.2, 0.25) is 0 Å². The Morgan fingerprint density at radius 2 is 1.24 bits per heavy atom. The van der Waals surface area contributed by atoms with E-state index in [4.69, 9.17) is 14.6 Å². The summed E-state index contributed by atoms with van der Waals surface area (Å²) in [7, 11) is 2.73. The number of aliphatic hydroxyl groups excluding tert-OH is 1. The van der Waals surface area contributed by atoms with Crippen LogP contribution in [0, 0.1) is 11.6 Å². The molecule has 0 radical (unpaired) electrons. The highest BCUT2D eigenvalue weighted by Crippen LogP contribution is 2.52. The molecule has 2 N–H and O–H groups in total. The minimum Gasteiger partial charge on any atom is -0.496 e. The number of rotatable bonds is 10. The molecule has 238 valence electrons. The molecule has 0 saturated carbocycles. The Kier molecular flexibility index (Phi) is 10.6. The number of methoxy groups -OCH3 is 2. The summed E-state index contributed by atoms with van der Waals surface area (Å²) in [6.07, 6.45) is -11.2. The summed E-state index contributed by atoms with van der Waals surface area (Å²) in [5.74, 6) is -0.512. The fraction of sp³-hybridized carbons (Fsp3) is 0.586. The Bertz CT molecular complexity index is 1210. The van der Waals surface area contributed by atoms with Crippen molar-refractivity contribution in [2.24, 2.45) is 0 Å². The number of benzene rings is 2. The van der Waals surface area contributed by atoms with Crippen molar-refractivity contribution in [3.05, 3.63) is 59.2 Å². The van der Waals surface area contributed by atoms with Crippen LogP contribution in [0.3, 0.4) is 0 Å². The van der Waals surface area contributed by atoms with Crippen molar-refractivity contribution < 1.29 is 59.5 Å². The zero-order valence-electron chi connectivity index (χ0n) is 24.1. The topological polar surface area (TPSA) is 71.5 Å². The molecule has 0 bridgehead atoms. The lowest BCUT2D eigenvalue weighted by atomic mass is 9.73. The van der Waals surface area contributed by atoms with Crippen LogP contribution in [-0.4, -0.2) is 61.2 Å². The van der Waals surface area contributed by atoms with Crippen molar-refractivity contribution >= 4 is 0 Å². The third kappa shape index (κ3) is 8.04. The molecule has 2 aromatic carbocycles. The van der Waals surface area contributed by atoms with Gasteiger partial charge in [0.05, 0.1) is 20.8 Å². The molecule has 3 rings (SSSR count). The number of epoxide rings is 1. The summed E-state index contributed by atoms with van der Waals surface area (Å²) in [5, 5.41) is 18.8. The zero-order valence-corrected chi connectivity index (χ0v) is 24.1. The number of halogens is 8. The normalized spacial score (nSPS) is 19.0. The SMILES string of the molecule is COc1ccc(F)cc1C(C)(C)C[C@@](O)(CCO)C(F)(F)F.COc1ccc(F)cc1C(C)(C)C[C@]1(C(F)(F)F)CO1. The Labute approximate surface area is 239 Å². The lowest BCUT2D eigenvalue weighted by molar-refractivity contribution is -0.271. The molecule has 0 unspecified atom stereocenters. The van der Waals surface area contributed by atoms with Gasteiger partial charge in [-0.3, -0.25) is 0 Å². The van der Waals surface area contributed by atoms with Crippen molar-refractivity contribution in [1.82, 2.24) is 0 Å². The van der Waals surface area contributed by atoms with Crippen molar-refractivity contribution in [2.75, 3.05) is 27.4 Å². The fourth-order valence-corrected chi connectivity index (χ4v) is 5.02. The summed E-state index contributed by atoms with van der Waals surface area (Å²) in [4.78, 5) is 0. The average molecular weight is 617 g/mol. The predicted molar refractivity (Wildman–Crippen MR) is 139 cm³/mol. The molecule has 1 aliphatic rings. The maximum atomic E-state index is 13.4. The smallest absolute Gasteiger partial charge is 0.419 e. The van der Waals surface area contributed by atoms with E-state index in [1.807, 2.05) is 0 Å². The van der Waals surface area contributed by atoms with E-state index in [1.54, 1.807) is 13.8 Å². The van der Waals surface area contributed by atoms with E-state index in [0.29, 0.717) is 11.3 Å². The maximum absolute atomic E-state index is 13.4. The number of aliphatic hydroxyl groups is 2. The van der Waals surface area contributed by atoms with E-state index in [-0.39, 0.29) is 24.3 Å². The van der Waals surface area contributed by atoms with Gasteiger partial charge in [-0.05, 0) is 60.1 Å². The highest BCUT2D eigenvalue weighted by atomic mass is 19.4. The first-order valence-corrected chi connectivity index (χ1v) is 12.9. The molecule has 1 saturated heterocycles. The van der Waals surface area contributed by atoms with Crippen LogP contribution in [0.5, 0.6) is 11.5 Å². The largest absolute Gasteiger partial charge is 0.496 e. The van der Waals surface area contributed by atoms with E-state index < -0.39 is 65.5 Å². The van der Waals surface area contributed by atoms with Crippen LogP contribution in [-0.2, 0) is 15.6 Å². The van der Waals surface area contributed by atoms with Crippen molar-refractivity contribution in [3.8, 4) is 11.5 Å². The summed E-state index contributed by atoms with van der Waals surface area (Å²) in [6, 6.07) is 7.40. The highest BCUT2D eigenvalue weighted by Gasteiger charge is 2.67. The minimum atomic E-state index is -4.91. The summed E-state index contributed by atoms with van der Waals surface area (Å²) in [6.45, 7) is 5.00. The van der Waals surface area contributed by atoms with Crippen LogP contribution in [0.2, 0.25) is 0 Å². The van der Waals surface area contributed by atoms with Gasteiger partial charge in [-0.25, -0.2) is 8.78 Å². The van der Waals surface area contributed by atoms with Crippen molar-refractivity contribution in [2.45, 2.75) is 81.3 Å². The second kappa shape index (κ2) is 12.5. The van der Waals surface area contributed by atoms with Gasteiger partial charge < -0.3 is 24.4 Å². The molecular weight excluding hydrogens is 580 g/mol. The third-order valence-electron chi connectivity index (χ3n) is 7.31. The van der Waals surface area contributed by atoms with Gasteiger partial charge in [0.25, 0.3) is 0 Å². The first kappa shape index (κ1) is 35.6. The number of hydrogen-bond donors (Lipinski definition) is 2. The molecule has 13 heteroatoms. The van der Waals surface area contributed by atoms with Crippen molar-refractivity contribution in [1.29, 1.82) is 0 Å². The summed E-state index contributed by atoms with van der Waals surface area (Å²) in [5.41, 5.74) is -6.72. The van der Waals surface area contributed by atoms with Gasteiger partial charge in [-0.1, -0.05) is 27.7 Å². The van der Waals surface area contributed by atoms with Gasteiger partial charge in [-0.2, -0.15) is 26.3 Å². The van der Waals surface area contributed by atoms with E-state index in [2.05, 4.69) is 4.74 Å². The van der Waals surface area contributed by atoms with Crippen molar-refractivity contribution in [3.63, 3.8) is 0 Å². The zero-order chi connectivity index (χ0) is 32.4. The van der Waals surface area contributed by atoms with E-state index in [1.165, 1.54) is 52.3 Å². The van der Waals surface area contributed by atoms with E-state index >= 15 is 0 Å². The average Bonchev–Trinajstić information content (AvgIpc) is 3.64. The molecule has 1 aliphatic heterocycles. The molecule has 5 nitrogen and oxygen atoms in total. The number of ether oxygens (including phenoxy) is 3. The van der Waals surface area contributed by atoms with Gasteiger partial charge >= 0.3 is 12.4 Å². The second-order valence-corrected chi connectivity index (χ2v) is 11.6. The highest BCUT2D eigenvalue weighted by molar-refractivity contribution is 5.41. The molecule has 2 aromatic rings. The standard InChI is InChI=1S/C15H20F4O3.C14H16F4O2/c1-13(2,9-14(21,6-7-20)15(17,18)19)11-8-10(16)4-5-12(11)22-3;1-12(2,7-13(8-20-13)14(16,17)18)10-6-9(15)4-5-11(10)19-3/h4-5,8,20-21H,6-7,9H2,1-3H3;4-6H,7-8H2,1-3H3/t14-;13-/m01/s1. The van der Waals surface area contributed by atoms with Gasteiger partial charge in [0, 0.05) is 24.2 Å². The van der Waals surface area contributed by atoms with Gasteiger partial charge in [0.15, 0.2) is 11.2 Å². The molecule has 1 fully saturated rings. The molecular formula is C29H36F8O5. The first-order valence-electron chi connectivity index (χ1n) is 12.9. The quantitative estimate of drug-likeness (QED) is 0.222. The van der Waals surface area contributed by atoms with E-state index in [9.17, 15) is 40.2 Å². The molecule has 0 spiro atoms. The first-order chi connectivity index (χ1) is 19.1. The van der Waals surface area contributed by atoms with Crippen LogP contribution in [0.25, 0.3) is 0 Å². The molecule has 0 aliphatic carbocycles. The lowest BCUT2D eigenvalue weighted by Crippen LogP contribution is -2.49. The molecule has 42 heavy (non-hydrogen) atoms. The summed E-state index contributed by atoms with van der Waals surface area (Å²) >= 11 is 0. The molecule has 2 atom stereocenters. The summed E-state index contributed by atoms with van der Waals surface area (Å²) < 4.78 is 120. The molecule has 0 aromatic heterocycles. The van der Waals surface area contributed by atoms with Crippen LogP contribution in [0.15, 0.2) is 36.4 Å². The maximum Gasteiger partial charge on any atom is 0.419 e. The molecule has 0 amide bonds. The van der Waals surface area contributed by atoms with Gasteiger partial charge in [0.1, 0.15) is 23.1 Å². The second-order valence-electron chi connectivity index (χ2n) is 11.6. The number of hydrogen-bond acceptors (Lipinski definition) is 5. The third-order valence-corrected chi connectivity index (χ3v) is 7.31. The monoisotopic (exact) mass is 616 g/mol. The lowest BCUT2D eigenvalue weighted by Gasteiger charge is -2.38. The minimum absolute atomic E-state index is 0.218. The Hall–Kier alpha value is -2.64. The van der Waals surface area contributed by atoms with Crippen LogP contribution in [0.4, 0.5) is 35.1 Å². The Balaban J connectivity index is 0.000000294. The predicted octanol–water partition coefficient (Wildman–Crippen LogP) is 7.01. The van der Waals surface area contributed by atoms with E-state index in [0.717, 1.165) is 12.1 Å². The van der Waals surface area contributed by atoms with Gasteiger partial charge in [-0.15, -0.1) is 0 Å². The Morgan fingerprint density at radius 1 is 0.810 bits per heavy atom. The van der Waals surface area contributed by atoms with Crippen LogP contribution in [0.1, 0.15) is 58.1 Å². The van der Waals surface area contributed by atoms with Crippen LogP contribution >= 0.6 is 0 Å². The molecule has 1 heterocycles. The fourth-order valence-electron chi connectivity index (χ4n) is 5.02. The Morgan fingerprint density at radius 3 is 1.57 bits per heavy atom. The number of alkyl halides is 6. The van der Waals surface area contributed by atoms with Crippen LogP contribution < -0.4 is 9.47 Å².